The van der Waals surface area contributed by atoms with E-state index in [1.54, 1.807) is 0 Å². The zero-order valence-corrected chi connectivity index (χ0v) is 13.1. The van der Waals surface area contributed by atoms with Crippen LogP contribution in [0, 0.1) is 0 Å². The molecule has 1 aliphatic rings. The first-order chi connectivity index (χ1) is 9.86. The molecule has 0 unspecified atom stereocenters. The number of halogens is 1. The molecule has 20 heavy (non-hydrogen) atoms. The molecule has 1 saturated carbocycles. The Morgan fingerprint density at radius 3 is 2.40 bits per heavy atom. The molecule has 0 atom stereocenters. The lowest BCUT2D eigenvalue weighted by Crippen LogP contribution is -2.35. The molecule has 1 aromatic carbocycles. The average molecular weight is 295 g/mol. The van der Waals surface area contributed by atoms with E-state index in [-0.39, 0.29) is 0 Å². The fourth-order valence-electron chi connectivity index (χ4n) is 2.89. The van der Waals surface area contributed by atoms with Gasteiger partial charge in [0.25, 0.3) is 0 Å². The van der Waals surface area contributed by atoms with Gasteiger partial charge in [-0.1, -0.05) is 61.9 Å². The van der Waals surface area contributed by atoms with Gasteiger partial charge in [0.2, 0.25) is 0 Å². The van der Waals surface area contributed by atoms with Gasteiger partial charge in [-0.3, -0.25) is 0 Å². The Hall–Kier alpha value is -0.570. The molecule has 2 nitrogen and oxygen atoms in total. The summed E-state index contributed by atoms with van der Waals surface area (Å²) in [5.74, 6) is 0. The molecule has 0 saturated heterocycles. The van der Waals surface area contributed by atoms with Crippen molar-refractivity contribution in [1.29, 1.82) is 0 Å². The third-order valence-electron chi connectivity index (χ3n) is 4.11. The SMILES string of the molecule is Clc1ccccc1CNCCNC1CCCCCCC1. The van der Waals surface area contributed by atoms with Crippen LogP contribution < -0.4 is 10.6 Å². The van der Waals surface area contributed by atoms with E-state index in [9.17, 15) is 0 Å². The lowest BCUT2D eigenvalue weighted by atomic mass is 9.97. The Kier molecular flexibility index (Phi) is 7.42. The van der Waals surface area contributed by atoms with Gasteiger partial charge in [0, 0.05) is 30.7 Å². The zero-order chi connectivity index (χ0) is 14.0. The highest BCUT2D eigenvalue weighted by Gasteiger charge is 2.09. The largest absolute Gasteiger partial charge is 0.313 e. The van der Waals surface area contributed by atoms with Crippen molar-refractivity contribution in [2.24, 2.45) is 0 Å². The molecule has 0 bridgehead atoms. The van der Waals surface area contributed by atoms with Gasteiger partial charge in [-0.15, -0.1) is 0 Å². The zero-order valence-electron chi connectivity index (χ0n) is 12.3. The predicted molar refractivity (Wildman–Crippen MR) is 87.3 cm³/mol. The minimum absolute atomic E-state index is 0.734. The summed E-state index contributed by atoms with van der Waals surface area (Å²) in [7, 11) is 0. The Morgan fingerprint density at radius 1 is 0.950 bits per heavy atom. The maximum Gasteiger partial charge on any atom is 0.0450 e. The van der Waals surface area contributed by atoms with E-state index >= 15 is 0 Å². The molecule has 0 aromatic heterocycles. The number of benzene rings is 1. The van der Waals surface area contributed by atoms with E-state index in [4.69, 9.17) is 11.6 Å². The van der Waals surface area contributed by atoms with Crippen LogP contribution in [0.4, 0.5) is 0 Å². The molecule has 1 aliphatic carbocycles. The monoisotopic (exact) mass is 294 g/mol. The van der Waals surface area contributed by atoms with Crippen LogP contribution in [0.15, 0.2) is 24.3 Å². The van der Waals surface area contributed by atoms with Crippen molar-refractivity contribution in [1.82, 2.24) is 10.6 Å². The van der Waals surface area contributed by atoms with Crippen molar-refractivity contribution >= 4 is 11.6 Å². The Balaban J connectivity index is 1.58. The second-order valence-electron chi connectivity index (χ2n) is 5.76. The quantitative estimate of drug-likeness (QED) is 0.771. The van der Waals surface area contributed by atoms with Crippen LogP contribution in [0.25, 0.3) is 0 Å². The summed E-state index contributed by atoms with van der Waals surface area (Å²) < 4.78 is 0. The smallest absolute Gasteiger partial charge is 0.0450 e. The molecule has 0 radical (unpaired) electrons. The van der Waals surface area contributed by atoms with Crippen LogP contribution in [0.1, 0.15) is 50.5 Å². The van der Waals surface area contributed by atoms with Crippen molar-refractivity contribution in [3.63, 3.8) is 0 Å². The van der Waals surface area contributed by atoms with Crippen LogP contribution in [-0.2, 0) is 6.54 Å². The van der Waals surface area contributed by atoms with Crippen LogP contribution in [0.3, 0.4) is 0 Å². The topological polar surface area (TPSA) is 24.1 Å². The van der Waals surface area contributed by atoms with Gasteiger partial charge in [0.05, 0.1) is 0 Å². The summed E-state index contributed by atoms with van der Waals surface area (Å²) in [4.78, 5) is 0. The Bertz CT molecular complexity index is 373. The molecule has 0 heterocycles. The molecule has 0 spiro atoms. The molecule has 2 N–H and O–H groups in total. The number of nitrogens with one attached hydrogen (secondary N) is 2. The van der Waals surface area contributed by atoms with Crippen LogP contribution in [-0.4, -0.2) is 19.1 Å². The predicted octanol–water partition coefficient (Wildman–Crippen LogP) is 4.13. The fourth-order valence-corrected chi connectivity index (χ4v) is 3.09. The number of hydrogen-bond acceptors (Lipinski definition) is 2. The molecular weight excluding hydrogens is 268 g/mol. The van der Waals surface area contributed by atoms with Gasteiger partial charge in [-0.2, -0.15) is 0 Å². The van der Waals surface area contributed by atoms with Crippen LogP contribution in [0.2, 0.25) is 5.02 Å². The normalized spacial score (nSPS) is 17.6. The molecule has 2 rings (SSSR count). The molecule has 3 heteroatoms. The number of rotatable bonds is 6. The fraction of sp³-hybridized carbons (Fsp3) is 0.647. The van der Waals surface area contributed by atoms with Crippen molar-refractivity contribution in [3.05, 3.63) is 34.9 Å². The molecule has 0 amide bonds. The summed E-state index contributed by atoms with van der Waals surface area (Å²) in [5, 5.41) is 8.01. The summed E-state index contributed by atoms with van der Waals surface area (Å²) in [6.07, 6.45) is 9.77. The highest BCUT2D eigenvalue weighted by atomic mass is 35.5. The molecule has 1 fully saturated rings. The lowest BCUT2D eigenvalue weighted by molar-refractivity contribution is 0.388. The molecule has 1 aromatic rings. The number of hydrogen-bond donors (Lipinski definition) is 2. The summed E-state index contributed by atoms with van der Waals surface area (Å²) in [6, 6.07) is 8.78. The van der Waals surface area contributed by atoms with Gasteiger partial charge in [-0.25, -0.2) is 0 Å². The maximum atomic E-state index is 6.14. The van der Waals surface area contributed by atoms with E-state index in [2.05, 4.69) is 16.7 Å². The minimum Gasteiger partial charge on any atom is -0.313 e. The van der Waals surface area contributed by atoms with Crippen molar-refractivity contribution in [2.75, 3.05) is 13.1 Å². The van der Waals surface area contributed by atoms with Crippen LogP contribution in [0.5, 0.6) is 0 Å². The molecular formula is C17H27ClN2. The van der Waals surface area contributed by atoms with Gasteiger partial charge >= 0.3 is 0 Å². The summed E-state index contributed by atoms with van der Waals surface area (Å²) in [5.41, 5.74) is 1.18. The second kappa shape index (κ2) is 9.38. The summed E-state index contributed by atoms with van der Waals surface area (Å²) in [6.45, 7) is 2.91. The van der Waals surface area contributed by atoms with Crippen molar-refractivity contribution < 1.29 is 0 Å². The molecule has 0 aliphatic heterocycles. The highest BCUT2D eigenvalue weighted by Crippen LogP contribution is 2.17. The standard InChI is InChI=1S/C17H27ClN2/c18-17-11-7-6-8-15(17)14-19-12-13-20-16-9-4-2-1-3-5-10-16/h6-8,11,16,19-20H,1-5,9-10,12-14H2. The van der Waals surface area contributed by atoms with Gasteiger partial charge in [0.1, 0.15) is 0 Å². The maximum absolute atomic E-state index is 6.14. The molecule has 112 valence electrons. The van der Waals surface area contributed by atoms with Crippen LogP contribution >= 0.6 is 11.6 Å². The Morgan fingerprint density at radius 2 is 1.65 bits per heavy atom. The second-order valence-corrected chi connectivity index (χ2v) is 6.17. The lowest BCUT2D eigenvalue weighted by Gasteiger charge is -2.21. The van der Waals surface area contributed by atoms with Crippen molar-refractivity contribution in [3.8, 4) is 0 Å². The van der Waals surface area contributed by atoms with E-state index in [1.165, 1.54) is 50.5 Å². The van der Waals surface area contributed by atoms with E-state index in [0.29, 0.717) is 0 Å². The first-order valence-corrected chi connectivity index (χ1v) is 8.41. The van der Waals surface area contributed by atoms with E-state index in [0.717, 1.165) is 30.7 Å². The van der Waals surface area contributed by atoms with Gasteiger partial charge < -0.3 is 10.6 Å². The third kappa shape index (κ3) is 5.82. The van der Waals surface area contributed by atoms with Gasteiger partial charge in [0.15, 0.2) is 0 Å². The van der Waals surface area contributed by atoms with E-state index in [1.807, 2.05) is 18.2 Å². The Labute approximate surface area is 128 Å². The minimum atomic E-state index is 0.734. The first kappa shape index (κ1) is 15.8. The van der Waals surface area contributed by atoms with Crippen molar-refractivity contribution in [2.45, 2.75) is 57.5 Å². The third-order valence-corrected chi connectivity index (χ3v) is 4.48. The summed E-state index contributed by atoms with van der Waals surface area (Å²) >= 11 is 6.14. The first-order valence-electron chi connectivity index (χ1n) is 8.04. The van der Waals surface area contributed by atoms with Gasteiger partial charge in [-0.05, 0) is 24.5 Å². The average Bonchev–Trinajstić information content (AvgIpc) is 2.42. The highest BCUT2D eigenvalue weighted by molar-refractivity contribution is 6.31. The van der Waals surface area contributed by atoms with E-state index < -0.39 is 0 Å².